The summed E-state index contributed by atoms with van der Waals surface area (Å²) in [6.45, 7) is 6.90. The summed E-state index contributed by atoms with van der Waals surface area (Å²) in [6.07, 6.45) is 7.44. The van der Waals surface area contributed by atoms with Crippen LogP contribution in [0.2, 0.25) is 0 Å². The van der Waals surface area contributed by atoms with Gasteiger partial charge >= 0.3 is 0 Å². The van der Waals surface area contributed by atoms with Crippen molar-refractivity contribution in [1.29, 1.82) is 0 Å². The maximum atomic E-state index is 4.53. The zero-order valence-corrected chi connectivity index (χ0v) is 15.6. The van der Waals surface area contributed by atoms with Gasteiger partial charge in [0, 0.05) is 11.7 Å². The molecule has 1 aliphatic carbocycles. The second-order valence-electron chi connectivity index (χ2n) is 8.05. The third kappa shape index (κ3) is 2.94. The second-order valence-corrected chi connectivity index (χ2v) is 8.05. The van der Waals surface area contributed by atoms with Crippen LogP contribution in [-0.2, 0) is 6.42 Å². The highest BCUT2D eigenvalue weighted by molar-refractivity contribution is 5.60. The van der Waals surface area contributed by atoms with Gasteiger partial charge in [-0.2, -0.15) is 0 Å². The van der Waals surface area contributed by atoms with Crippen LogP contribution in [0.4, 0.5) is 5.69 Å². The van der Waals surface area contributed by atoms with E-state index in [0.29, 0.717) is 18.0 Å². The average Bonchev–Trinajstić information content (AvgIpc) is 3.21. The maximum Gasteiger partial charge on any atom is 0.174 e. The molecule has 2 atom stereocenters. The number of tetrazole rings is 1. The SMILES string of the molecule is CC(C)C(c1nnnn1C1CCCCC1)N1c2ccccc2CC1C. The topological polar surface area (TPSA) is 46.8 Å². The Morgan fingerprint density at radius 2 is 1.84 bits per heavy atom. The van der Waals surface area contributed by atoms with E-state index in [1.165, 1.54) is 43.4 Å². The molecule has 0 bridgehead atoms. The van der Waals surface area contributed by atoms with E-state index in [2.05, 4.69) is 70.1 Å². The molecule has 134 valence electrons. The number of hydrogen-bond acceptors (Lipinski definition) is 4. The van der Waals surface area contributed by atoms with Gasteiger partial charge < -0.3 is 4.90 Å². The van der Waals surface area contributed by atoms with Gasteiger partial charge in [0.25, 0.3) is 0 Å². The molecule has 4 rings (SSSR count). The van der Waals surface area contributed by atoms with Crippen molar-refractivity contribution in [3.05, 3.63) is 35.7 Å². The van der Waals surface area contributed by atoms with E-state index < -0.39 is 0 Å². The molecule has 0 radical (unpaired) electrons. The van der Waals surface area contributed by atoms with Crippen LogP contribution in [-0.4, -0.2) is 26.2 Å². The summed E-state index contributed by atoms with van der Waals surface area (Å²) in [6, 6.07) is 9.96. The highest BCUT2D eigenvalue weighted by Gasteiger charge is 2.37. The third-order valence-corrected chi connectivity index (χ3v) is 5.89. The van der Waals surface area contributed by atoms with Gasteiger partial charge in [-0.05, 0) is 54.2 Å². The summed E-state index contributed by atoms with van der Waals surface area (Å²) < 4.78 is 2.15. The lowest BCUT2D eigenvalue weighted by Crippen LogP contribution is -2.38. The molecule has 2 aromatic rings. The highest BCUT2D eigenvalue weighted by atomic mass is 15.6. The molecule has 2 heterocycles. The third-order valence-electron chi connectivity index (χ3n) is 5.89. The smallest absolute Gasteiger partial charge is 0.174 e. The van der Waals surface area contributed by atoms with Gasteiger partial charge in [-0.1, -0.05) is 51.3 Å². The fraction of sp³-hybridized carbons (Fsp3) is 0.650. The van der Waals surface area contributed by atoms with E-state index in [4.69, 9.17) is 0 Å². The largest absolute Gasteiger partial charge is 0.358 e. The summed E-state index contributed by atoms with van der Waals surface area (Å²) in [5.41, 5.74) is 2.80. The zero-order valence-electron chi connectivity index (χ0n) is 15.6. The first kappa shape index (κ1) is 16.6. The lowest BCUT2D eigenvalue weighted by molar-refractivity contribution is 0.300. The van der Waals surface area contributed by atoms with Crippen molar-refractivity contribution in [3.8, 4) is 0 Å². The van der Waals surface area contributed by atoms with E-state index in [1.807, 2.05) is 0 Å². The van der Waals surface area contributed by atoms with Gasteiger partial charge in [0.1, 0.15) is 0 Å². The molecule has 0 saturated heterocycles. The predicted octanol–water partition coefficient (Wildman–Crippen LogP) is 4.33. The minimum absolute atomic E-state index is 0.218. The number of benzene rings is 1. The molecular weight excluding hydrogens is 310 g/mol. The fourth-order valence-corrected chi connectivity index (χ4v) is 4.74. The predicted molar refractivity (Wildman–Crippen MR) is 99.6 cm³/mol. The molecule has 1 saturated carbocycles. The molecule has 25 heavy (non-hydrogen) atoms. The Labute approximate surface area is 150 Å². The van der Waals surface area contributed by atoms with Crippen LogP contribution >= 0.6 is 0 Å². The van der Waals surface area contributed by atoms with Crippen molar-refractivity contribution in [2.45, 2.75) is 77.4 Å². The van der Waals surface area contributed by atoms with E-state index in [-0.39, 0.29) is 6.04 Å². The first-order valence-electron chi connectivity index (χ1n) is 9.81. The quantitative estimate of drug-likeness (QED) is 0.832. The first-order chi connectivity index (χ1) is 12.2. The van der Waals surface area contributed by atoms with Gasteiger partial charge in [0.15, 0.2) is 5.82 Å². The van der Waals surface area contributed by atoms with Crippen molar-refractivity contribution in [1.82, 2.24) is 20.2 Å². The van der Waals surface area contributed by atoms with Crippen molar-refractivity contribution in [3.63, 3.8) is 0 Å². The van der Waals surface area contributed by atoms with E-state index in [9.17, 15) is 0 Å². The Morgan fingerprint density at radius 1 is 1.08 bits per heavy atom. The Kier molecular flexibility index (Phi) is 4.48. The van der Waals surface area contributed by atoms with Crippen LogP contribution in [0, 0.1) is 5.92 Å². The Bertz CT molecular complexity index is 716. The number of rotatable bonds is 4. The Morgan fingerprint density at radius 3 is 2.60 bits per heavy atom. The summed E-state index contributed by atoms with van der Waals surface area (Å²) in [5, 5.41) is 13.0. The molecule has 1 fully saturated rings. The molecular formula is C20H29N5. The molecule has 5 nitrogen and oxygen atoms in total. The highest BCUT2D eigenvalue weighted by Crippen LogP contribution is 2.42. The Balaban J connectivity index is 1.73. The zero-order chi connectivity index (χ0) is 17.4. The molecule has 1 aliphatic heterocycles. The van der Waals surface area contributed by atoms with Crippen molar-refractivity contribution >= 4 is 5.69 Å². The fourth-order valence-electron chi connectivity index (χ4n) is 4.74. The number of fused-ring (bicyclic) bond motifs is 1. The first-order valence-corrected chi connectivity index (χ1v) is 9.81. The molecule has 1 aromatic heterocycles. The maximum absolute atomic E-state index is 4.53. The standard InChI is InChI=1S/C20H29N5/c1-14(2)19(24-15(3)13-16-9-7-8-12-18(16)24)20-21-22-23-25(20)17-10-5-4-6-11-17/h7-9,12,14-15,17,19H,4-6,10-11,13H2,1-3H3. The monoisotopic (exact) mass is 339 g/mol. The van der Waals surface area contributed by atoms with E-state index >= 15 is 0 Å². The van der Waals surface area contributed by atoms with E-state index in [0.717, 1.165) is 12.2 Å². The molecule has 0 spiro atoms. The Hall–Kier alpha value is -1.91. The van der Waals surface area contributed by atoms with Crippen molar-refractivity contribution < 1.29 is 0 Å². The lowest BCUT2D eigenvalue weighted by atomic mass is 9.94. The molecule has 0 N–H and O–H groups in total. The van der Waals surface area contributed by atoms with Crippen LogP contribution in [0.25, 0.3) is 0 Å². The minimum Gasteiger partial charge on any atom is -0.358 e. The van der Waals surface area contributed by atoms with Gasteiger partial charge in [0.05, 0.1) is 12.1 Å². The molecule has 1 aromatic carbocycles. The average molecular weight is 339 g/mol. The lowest BCUT2D eigenvalue weighted by Gasteiger charge is -2.37. The number of nitrogens with zero attached hydrogens (tertiary/aromatic N) is 5. The van der Waals surface area contributed by atoms with Crippen LogP contribution < -0.4 is 4.90 Å². The molecule has 0 amide bonds. The normalized spacial score (nSPS) is 22.4. The molecule has 5 heteroatoms. The van der Waals surface area contributed by atoms with Gasteiger partial charge in [0.2, 0.25) is 0 Å². The van der Waals surface area contributed by atoms with Crippen LogP contribution in [0.15, 0.2) is 24.3 Å². The van der Waals surface area contributed by atoms with Crippen LogP contribution in [0.5, 0.6) is 0 Å². The minimum atomic E-state index is 0.218. The van der Waals surface area contributed by atoms with Crippen LogP contribution in [0.1, 0.15) is 76.3 Å². The summed E-state index contributed by atoms with van der Waals surface area (Å²) in [5.74, 6) is 1.49. The number of para-hydroxylation sites is 1. The summed E-state index contributed by atoms with van der Waals surface area (Å²) in [7, 11) is 0. The van der Waals surface area contributed by atoms with Crippen LogP contribution in [0.3, 0.4) is 0 Å². The van der Waals surface area contributed by atoms with Crippen molar-refractivity contribution in [2.75, 3.05) is 4.90 Å². The van der Waals surface area contributed by atoms with Gasteiger partial charge in [-0.25, -0.2) is 4.68 Å². The van der Waals surface area contributed by atoms with Gasteiger partial charge in [-0.15, -0.1) is 5.10 Å². The summed E-state index contributed by atoms with van der Waals surface area (Å²) >= 11 is 0. The number of anilines is 1. The number of hydrogen-bond donors (Lipinski definition) is 0. The van der Waals surface area contributed by atoms with Crippen molar-refractivity contribution in [2.24, 2.45) is 5.92 Å². The summed E-state index contributed by atoms with van der Waals surface area (Å²) in [4.78, 5) is 2.56. The van der Waals surface area contributed by atoms with Gasteiger partial charge in [-0.3, -0.25) is 0 Å². The molecule has 2 unspecified atom stereocenters. The van der Waals surface area contributed by atoms with E-state index in [1.54, 1.807) is 0 Å². The molecule has 2 aliphatic rings. The number of aromatic nitrogens is 4. The second kappa shape index (κ2) is 6.77.